The van der Waals surface area contributed by atoms with Crippen LogP contribution in [-0.2, 0) is 11.5 Å². The summed E-state index contributed by atoms with van der Waals surface area (Å²) in [6, 6.07) is 53.2. The quantitative estimate of drug-likeness (QED) is 0.0863. The van der Waals surface area contributed by atoms with Crippen molar-refractivity contribution in [2.45, 2.75) is 18.4 Å². The first-order valence-electron chi connectivity index (χ1n) is 15.7. The van der Waals surface area contributed by atoms with Crippen molar-refractivity contribution in [2.24, 2.45) is 0 Å². The van der Waals surface area contributed by atoms with E-state index in [1.165, 1.54) is 21.5 Å². The van der Waals surface area contributed by atoms with Crippen LogP contribution in [-0.4, -0.2) is 28.4 Å². The van der Waals surface area contributed by atoms with Crippen LogP contribution >= 0.6 is 36.7 Å². The summed E-state index contributed by atoms with van der Waals surface area (Å²) in [5, 5.41) is 19.2. The van der Waals surface area contributed by atoms with Crippen LogP contribution in [0.1, 0.15) is 47.8 Å². The molecule has 0 aliphatic rings. The van der Waals surface area contributed by atoms with Gasteiger partial charge >= 0.3 is 191 Å². The standard InChI is InChI=1S/C26H22BrO2P.C8H7BrO2.C8H8O/c27-30(23-10-4-1-5-11-23,24-12-6-2-7-13-24,25-14-8-3-9-15-25)20-21-16-18-22(19-17-21)26(28)29;9-5-6-1-3-7(4-2-6)8(10)11;1-7-2-4-8(6-9)5-3-7/h1-19H,20H2,(H,28,29);1-4H,5H2,(H,10,11);2-6H,1H3. The molecule has 0 amide bonds. The zero-order valence-corrected chi connectivity index (χ0v) is 31.5. The van der Waals surface area contributed by atoms with Gasteiger partial charge in [0, 0.05) is 10.9 Å². The fourth-order valence-corrected chi connectivity index (χ4v) is 13.5. The van der Waals surface area contributed by atoms with Crippen LogP contribution < -0.4 is 15.9 Å². The minimum absolute atomic E-state index is 0.299. The molecule has 2 N–H and O–H groups in total. The average Bonchev–Trinajstić information content (AvgIpc) is 3.17. The third-order valence-corrected chi connectivity index (χ3v) is 18.3. The Morgan fingerprint density at radius 3 is 1.24 bits per heavy atom. The number of carboxylic acids is 2. The molecule has 0 aliphatic carbocycles. The van der Waals surface area contributed by atoms with Crippen molar-refractivity contribution in [1.29, 1.82) is 0 Å². The maximum absolute atomic E-state index is 11.3. The predicted molar refractivity (Wildman–Crippen MR) is 214 cm³/mol. The third kappa shape index (κ3) is 9.30. The summed E-state index contributed by atoms with van der Waals surface area (Å²) < 4.78 is 0. The van der Waals surface area contributed by atoms with Crippen molar-refractivity contribution in [2.75, 3.05) is 0 Å². The van der Waals surface area contributed by atoms with E-state index in [1.807, 2.05) is 61.5 Å². The topological polar surface area (TPSA) is 91.7 Å². The van der Waals surface area contributed by atoms with E-state index in [0.717, 1.165) is 34.5 Å². The van der Waals surface area contributed by atoms with Gasteiger partial charge in [-0.15, -0.1) is 0 Å². The van der Waals surface area contributed by atoms with Crippen LogP contribution in [0.25, 0.3) is 0 Å². The van der Waals surface area contributed by atoms with Gasteiger partial charge in [-0.25, -0.2) is 4.79 Å². The van der Waals surface area contributed by atoms with E-state index in [1.54, 1.807) is 36.4 Å². The summed E-state index contributed by atoms with van der Waals surface area (Å²) in [5.41, 5.74) is 4.71. The maximum atomic E-state index is 11.3. The first-order chi connectivity index (χ1) is 24.1. The number of halogens is 2. The molecule has 0 spiro atoms. The molecule has 0 atom stereocenters. The number of rotatable bonds is 9. The molecule has 0 bridgehead atoms. The molecule has 0 radical (unpaired) electrons. The number of carbonyl (C=O) groups excluding carboxylic acids is 1. The molecule has 50 heavy (non-hydrogen) atoms. The van der Waals surface area contributed by atoms with E-state index in [-0.39, 0.29) is 0 Å². The summed E-state index contributed by atoms with van der Waals surface area (Å²) >= 11 is 7.69. The van der Waals surface area contributed by atoms with Crippen molar-refractivity contribution in [1.82, 2.24) is 0 Å². The van der Waals surface area contributed by atoms with Crippen LogP contribution in [0, 0.1) is 6.92 Å². The van der Waals surface area contributed by atoms with Crippen LogP contribution in [0.2, 0.25) is 0 Å². The van der Waals surface area contributed by atoms with Gasteiger partial charge in [0.15, 0.2) is 0 Å². The zero-order chi connectivity index (χ0) is 36.0. The monoisotopic (exact) mass is 810 g/mol. The van der Waals surface area contributed by atoms with E-state index in [4.69, 9.17) is 5.11 Å². The van der Waals surface area contributed by atoms with Crippen LogP contribution in [0.4, 0.5) is 0 Å². The van der Waals surface area contributed by atoms with Crippen molar-refractivity contribution >= 4 is 70.9 Å². The Hall–Kier alpha value is -4.68. The van der Waals surface area contributed by atoms with Gasteiger partial charge < -0.3 is 5.11 Å². The van der Waals surface area contributed by atoms with Gasteiger partial charge in [-0.3, -0.25) is 4.79 Å². The normalized spacial score (nSPS) is 11.3. The molecule has 0 fully saturated rings. The van der Waals surface area contributed by atoms with Crippen molar-refractivity contribution in [3.63, 3.8) is 0 Å². The van der Waals surface area contributed by atoms with Gasteiger partial charge in [-0.2, -0.15) is 0 Å². The molecule has 6 aromatic carbocycles. The number of aryl methyl sites for hydroxylation is 1. The molecule has 5 nitrogen and oxygen atoms in total. The van der Waals surface area contributed by atoms with Crippen LogP contribution in [0.3, 0.4) is 0 Å². The molecule has 0 saturated carbocycles. The number of carbonyl (C=O) groups is 3. The summed E-state index contributed by atoms with van der Waals surface area (Å²) in [6.45, 7) is 1.99. The summed E-state index contributed by atoms with van der Waals surface area (Å²) in [5.74, 6) is -1.79. The SMILES string of the molecule is Cc1ccc(C=O)cc1.O=C(O)c1ccc(CBr)cc1.O=C(O)c1ccc(CP(Br)(c2ccccc2)(c2ccccc2)c2ccccc2)cc1. The van der Waals surface area contributed by atoms with E-state index in [2.05, 4.69) is 104 Å². The minimum atomic E-state index is -3.06. The van der Waals surface area contributed by atoms with E-state index in [9.17, 15) is 19.5 Å². The summed E-state index contributed by atoms with van der Waals surface area (Å²) in [4.78, 5) is 31.8. The Labute approximate surface area is 309 Å². The van der Waals surface area contributed by atoms with E-state index >= 15 is 0 Å². The number of hydrogen-bond donors (Lipinski definition) is 2. The van der Waals surface area contributed by atoms with Crippen LogP contribution in [0.15, 0.2) is 164 Å². The van der Waals surface area contributed by atoms with E-state index in [0.29, 0.717) is 11.1 Å². The molecule has 0 saturated heterocycles. The second-order valence-corrected chi connectivity index (χ2v) is 21.0. The molecule has 0 aliphatic heterocycles. The third-order valence-electron chi connectivity index (χ3n) is 8.13. The van der Waals surface area contributed by atoms with Gasteiger partial charge in [-0.1, -0.05) is 57.9 Å². The van der Waals surface area contributed by atoms with Gasteiger partial charge in [0.05, 0.1) is 5.56 Å². The molecule has 6 aromatic rings. The van der Waals surface area contributed by atoms with Gasteiger partial charge in [0.2, 0.25) is 0 Å². The Morgan fingerprint density at radius 2 is 0.920 bits per heavy atom. The molecule has 6 rings (SSSR count). The van der Waals surface area contributed by atoms with Gasteiger partial charge in [-0.05, 0) is 24.6 Å². The summed E-state index contributed by atoms with van der Waals surface area (Å²) in [7, 11) is 0. The number of benzene rings is 6. The van der Waals surface area contributed by atoms with Crippen molar-refractivity contribution < 1.29 is 24.6 Å². The number of hydrogen-bond acceptors (Lipinski definition) is 3. The Bertz CT molecular complexity index is 1890. The first kappa shape index (κ1) is 38.1. The Balaban J connectivity index is 0.000000228. The second-order valence-electron chi connectivity index (χ2n) is 11.5. The molecule has 8 heteroatoms. The van der Waals surface area contributed by atoms with Gasteiger partial charge in [0.25, 0.3) is 0 Å². The number of aromatic carboxylic acids is 2. The number of aldehydes is 1. The molecule has 0 heterocycles. The predicted octanol–water partition coefficient (Wildman–Crippen LogP) is 9.81. The first-order valence-corrected chi connectivity index (χ1v) is 21.3. The fourth-order valence-electron chi connectivity index (χ4n) is 5.41. The molecule has 254 valence electrons. The second kappa shape index (κ2) is 17.8. The average molecular weight is 813 g/mol. The van der Waals surface area contributed by atoms with Gasteiger partial charge in [0.1, 0.15) is 6.29 Å². The van der Waals surface area contributed by atoms with Crippen molar-refractivity contribution in [3.05, 3.63) is 197 Å². The molecule has 0 aromatic heterocycles. The summed E-state index contributed by atoms with van der Waals surface area (Å²) in [6.07, 6.45) is 1.59. The Kier molecular flexibility index (Phi) is 13.6. The fraction of sp³-hybridized carbons (Fsp3) is 0.0714. The molecular formula is C42H37Br2O5P. The number of alkyl halides is 1. The van der Waals surface area contributed by atoms with Crippen molar-refractivity contribution in [3.8, 4) is 0 Å². The van der Waals surface area contributed by atoms with E-state index < -0.39 is 17.2 Å². The Morgan fingerprint density at radius 1 is 0.560 bits per heavy atom. The molecular weight excluding hydrogens is 775 g/mol. The number of carboxylic acid groups (broad SMARTS) is 2. The molecule has 0 unspecified atom stereocenters. The van der Waals surface area contributed by atoms with Crippen LogP contribution in [0.5, 0.6) is 0 Å². The zero-order valence-electron chi connectivity index (χ0n) is 27.4.